The Morgan fingerprint density at radius 3 is 2.96 bits per heavy atom. The van der Waals surface area contributed by atoms with Crippen molar-refractivity contribution in [3.63, 3.8) is 0 Å². The van der Waals surface area contributed by atoms with Crippen molar-refractivity contribution in [1.82, 2.24) is 10.3 Å². The lowest BCUT2D eigenvalue weighted by atomic mass is 10.1. The van der Waals surface area contributed by atoms with Crippen LogP contribution < -0.4 is 15.5 Å². The number of para-hydroxylation sites is 1. The van der Waals surface area contributed by atoms with E-state index in [2.05, 4.69) is 10.3 Å². The fourth-order valence-electron chi connectivity index (χ4n) is 2.54. The smallest absolute Gasteiger partial charge is 0.257 e. The third-order valence-electron chi connectivity index (χ3n) is 3.75. The van der Waals surface area contributed by atoms with Crippen LogP contribution in [0.4, 0.5) is 0 Å². The van der Waals surface area contributed by atoms with Gasteiger partial charge in [-0.15, -0.1) is 0 Å². The second-order valence-corrected chi connectivity index (χ2v) is 5.42. The monoisotopic (exact) mass is 326 g/mol. The molecule has 124 valence electrons. The number of hydrogen-bond acceptors (Lipinski definition) is 4. The van der Waals surface area contributed by atoms with Gasteiger partial charge in [-0.1, -0.05) is 18.2 Å². The van der Waals surface area contributed by atoms with Crippen LogP contribution in [0.3, 0.4) is 0 Å². The van der Waals surface area contributed by atoms with E-state index in [0.29, 0.717) is 18.7 Å². The molecule has 3 rings (SSSR count). The number of benzene rings is 1. The SMILES string of the molecule is Cc1occc(=O)c1OCC(=O)NCCc1c[nH]c2ccccc12. The number of fused-ring (bicyclic) bond motifs is 1. The van der Waals surface area contributed by atoms with Gasteiger partial charge >= 0.3 is 0 Å². The summed E-state index contributed by atoms with van der Waals surface area (Å²) in [5.74, 6) is 0.149. The van der Waals surface area contributed by atoms with E-state index >= 15 is 0 Å². The van der Waals surface area contributed by atoms with Gasteiger partial charge in [0.05, 0.1) is 6.26 Å². The molecule has 1 amide bonds. The number of carbonyl (C=O) groups excluding carboxylic acids is 1. The van der Waals surface area contributed by atoms with Crippen LogP contribution in [0.5, 0.6) is 5.75 Å². The van der Waals surface area contributed by atoms with Crippen molar-refractivity contribution in [2.24, 2.45) is 0 Å². The van der Waals surface area contributed by atoms with E-state index in [1.165, 1.54) is 12.3 Å². The molecule has 0 fully saturated rings. The number of nitrogens with one attached hydrogen (secondary N) is 2. The fourth-order valence-corrected chi connectivity index (χ4v) is 2.54. The molecule has 2 aromatic heterocycles. The lowest BCUT2D eigenvalue weighted by Crippen LogP contribution is -2.31. The van der Waals surface area contributed by atoms with Crippen LogP contribution in [-0.2, 0) is 11.2 Å². The normalized spacial score (nSPS) is 10.7. The topological polar surface area (TPSA) is 84.3 Å². The van der Waals surface area contributed by atoms with Crippen LogP contribution in [0.25, 0.3) is 10.9 Å². The summed E-state index contributed by atoms with van der Waals surface area (Å²) in [5, 5.41) is 3.94. The van der Waals surface area contributed by atoms with E-state index < -0.39 is 0 Å². The first-order chi connectivity index (χ1) is 11.6. The summed E-state index contributed by atoms with van der Waals surface area (Å²) >= 11 is 0. The molecule has 0 aliphatic heterocycles. The van der Waals surface area contributed by atoms with Crippen molar-refractivity contribution >= 4 is 16.8 Å². The van der Waals surface area contributed by atoms with Crippen molar-refractivity contribution in [3.8, 4) is 5.75 Å². The quantitative estimate of drug-likeness (QED) is 0.727. The molecule has 0 aliphatic rings. The molecule has 2 N–H and O–H groups in total. The zero-order valence-electron chi connectivity index (χ0n) is 13.3. The lowest BCUT2D eigenvalue weighted by molar-refractivity contribution is -0.123. The molecule has 0 radical (unpaired) electrons. The van der Waals surface area contributed by atoms with Crippen LogP contribution >= 0.6 is 0 Å². The maximum Gasteiger partial charge on any atom is 0.257 e. The predicted octanol–water partition coefficient (Wildman–Crippen LogP) is 2.17. The standard InChI is InChI=1S/C18H18N2O4/c1-12-18(16(21)7-9-23-12)24-11-17(22)19-8-6-13-10-20-15-5-3-2-4-14(13)15/h2-5,7,9-10,20H,6,8,11H2,1H3,(H,19,22). The number of aromatic nitrogens is 1. The Morgan fingerprint density at radius 1 is 1.29 bits per heavy atom. The highest BCUT2D eigenvalue weighted by molar-refractivity contribution is 5.83. The van der Waals surface area contributed by atoms with Gasteiger partial charge in [0, 0.05) is 29.7 Å². The van der Waals surface area contributed by atoms with Gasteiger partial charge < -0.3 is 19.5 Å². The molecular weight excluding hydrogens is 308 g/mol. The average Bonchev–Trinajstić information content (AvgIpc) is 2.98. The maximum atomic E-state index is 11.9. The third kappa shape index (κ3) is 3.48. The van der Waals surface area contributed by atoms with Crippen LogP contribution in [-0.4, -0.2) is 24.0 Å². The molecule has 0 aliphatic carbocycles. The van der Waals surface area contributed by atoms with E-state index in [0.717, 1.165) is 16.5 Å². The van der Waals surface area contributed by atoms with Crippen LogP contribution in [0.15, 0.2) is 52.0 Å². The molecule has 6 heteroatoms. The molecule has 0 atom stereocenters. The number of carbonyl (C=O) groups is 1. The number of ether oxygens (including phenoxy) is 1. The largest absolute Gasteiger partial charge is 0.476 e. The van der Waals surface area contributed by atoms with Crippen LogP contribution in [0, 0.1) is 6.92 Å². The second-order valence-electron chi connectivity index (χ2n) is 5.42. The van der Waals surface area contributed by atoms with Gasteiger partial charge in [-0.05, 0) is 25.0 Å². The minimum absolute atomic E-state index is 0.0734. The second kappa shape index (κ2) is 7.04. The first-order valence-electron chi connectivity index (χ1n) is 7.68. The molecule has 0 bridgehead atoms. The van der Waals surface area contributed by atoms with E-state index in [1.54, 1.807) is 6.92 Å². The Hall–Kier alpha value is -3.02. The number of H-pyrrole nitrogens is 1. The first kappa shape index (κ1) is 15.9. The van der Waals surface area contributed by atoms with Crippen LogP contribution in [0.1, 0.15) is 11.3 Å². The zero-order valence-corrected chi connectivity index (χ0v) is 13.3. The Labute approximate surface area is 138 Å². The molecular formula is C18H18N2O4. The van der Waals surface area contributed by atoms with Crippen molar-refractivity contribution in [3.05, 3.63) is 64.3 Å². The van der Waals surface area contributed by atoms with Crippen molar-refractivity contribution in [2.75, 3.05) is 13.2 Å². The van der Waals surface area contributed by atoms with Crippen LogP contribution in [0.2, 0.25) is 0 Å². The van der Waals surface area contributed by atoms with Gasteiger partial charge in [-0.25, -0.2) is 0 Å². The summed E-state index contributed by atoms with van der Waals surface area (Å²) in [6, 6.07) is 9.28. The Bertz CT molecular complexity index is 911. The summed E-state index contributed by atoms with van der Waals surface area (Å²) in [5.41, 5.74) is 1.92. The van der Waals surface area contributed by atoms with E-state index in [1.807, 2.05) is 30.5 Å². The van der Waals surface area contributed by atoms with Gasteiger partial charge in [0.15, 0.2) is 6.61 Å². The van der Waals surface area contributed by atoms with Gasteiger partial charge in [-0.2, -0.15) is 0 Å². The first-order valence-corrected chi connectivity index (χ1v) is 7.68. The highest BCUT2D eigenvalue weighted by Crippen LogP contribution is 2.17. The molecule has 0 spiro atoms. The summed E-state index contributed by atoms with van der Waals surface area (Å²) < 4.78 is 10.3. The van der Waals surface area contributed by atoms with Gasteiger partial charge in [-0.3, -0.25) is 9.59 Å². The lowest BCUT2D eigenvalue weighted by Gasteiger charge is -2.08. The third-order valence-corrected chi connectivity index (χ3v) is 3.75. The molecule has 3 aromatic rings. The minimum Gasteiger partial charge on any atom is -0.476 e. The molecule has 0 saturated carbocycles. The van der Waals surface area contributed by atoms with Gasteiger partial charge in [0.2, 0.25) is 11.2 Å². The molecule has 0 saturated heterocycles. The Morgan fingerprint density at radius 2 is 2.12 bits per heavy atom. The molecule has 24 heavy (non-hydrogen) atoms. The number of hydrogen-bond donors (Lipinski definition) is 2. The van der Waals surface area contributed by atoms with E-state index in [-0.39, 0.29) is 23.7 Å². The highest BCUT2D eigenvalue weighted by Gasteiger charge is 2.10. The fraction of sp³-hybridized carbons (Fsp3) is 0.222. The predicted molar refractivity (Wildman–Crippen MR) is 90.2 cm³/mol. The molecule has 2 heterocycles. The maximum absolute atomic E-state index is 11.9. The molecule has 1 aromatic carbocycles. The summed E-state index contributed by atoms with van der Waals surface area (Å²) in [6.07, 6.45) is 3.96. The van der Waals surface area contributed by atoms with E-state index in [4.69, 9.17) is 9.15 Å². The molecule has 0 unspecified atom stereocenters. The van der Waals surface area contributed by atoms with Crippen molar-refractivity contribution < 1.29 is 13.9 Å². The zero-order chi connectivity index (χ0) is 16.9. The number of amides is 1. The van der Waals surface area contributed by atoms with E-state index in [9.17, 15) is 9.59 Å². The summed E-state index contributed by atoms with van der Waals surface area (Å²) in [7, 11) is 0. The summed E-state index contributed by atoms with van der Waals surface area (Å²) in [6.45, 7) is 1.89. The van der Waals surface area contributed by atoms with Gasteiger partial charge in [0.1, 0.15) is 5.76 Å². The van der Waals surface area contributed by atoms with Crippen molar-refractivity contribution in [1.29, 1.82) is 0 Å². The van der Waals surface area contributed by atoms with Crippen molar-refractivity contribution in [2.45, 2.75) is 13.3 Å². The Balaban J connectivity index is 1.50. The highest BCUT2D eigenvalue weighted by atomic mass is 16.5. The number of rotatable bonds is 6. The number of aryl methyl sites for hydroxylation is 1. The average molecular weight is 326 g/mol. The minimum atomic E-state index is -0.301. The summed E-state index contributed by atoms with van der Waals surface area (Å²) in [4.78, 5) is 26.7. The number of aromatic amines is 1. The molecule has 6 nitrogen and oxygen atoms in total. The Kier molecular flexibility index (Phi) is 4.65. The van der Waals surface area contributed by atoms with Gasteiger partial charge in [0.25, 0.3) is 5.91 Å².